The molecular weight excluding hydrogens is 190 g/mol. The first kappa shape index (κ1) is 9.51. The predicted molar refractivity (Wildman–Crippen MR) is 60.4 cm³/mol. The minimum Gasteiger partial charge on any atom is -0.384 e. The molecule has 0 saturated carbocycles. The molecule has 0 aliphatic carbocycles. The van der Waals surface area contributed by atoms with Crippen LogP contribution in [0.25, 0.3) is 11.3 Å². The number of nitrogens with zero attached hydrogens (tertiary/aromatic N) is 3. The number of nitrogens with one attached hydrogen (secondary N) is 1. The van der Waals surface area contributed by atoms with Crippen LogP contribution in [-0.2, 0) is 7.05 Å². The fourth-order valence-electron chi connectivity index (χ4n) is 1.35. The molecule has 0 bridgehead atoms. The summed E-state index contributed by atoms with van der Waals surface area (Å²) < 4.78 is 1.65. The molecule has 0 radical (unpaired) electrons. The molecule has 2 heterocycles. The molecule has 0 saturated heterocycles. The maximum absolute atomic E-state index is 5.72. The smallest absolute Gasteiger partial charge is 0.126 e. The highest BCUT2D eigenvalue weighted by Crippen LogP contribution is 2.21. The zero-order chi connectivity index (χ0) is 10.8. The Morgan fingerprint density at radius 3 is 2.80 bits per heavy atom. The van der Waals surface area contributed by atoms with E-state index < -0.39 is 0 Å². The lowest BCUT2D eigenvalue weighted by atomic mass is 10.2. The molecule has 0 aliphatic rings. The third kappa shape index (κ3) is 1.76. The van der Waals surface area contributed by atoms with Crippen molar-refractivity contribution in [2.45, 2.75) is 0 Å². The van der Waals surface area contributed by atoms with Gasteiger partial charge in [0, 0.05) is 31.9 Å². The van der Waals surface area contributed by atoms with Gasteiger partial charge in [-0.15, -0.1) is 0 Å². The number of rotatable bonds is 2. The highest BCUT2D eigenvalue weighted by Gasteiger charge is 2.05. The second-order valence-electron chi connectivity index (χ2n) is 3.26. The van der Waals surface area contributed by atoms with Crippen LogP contribution in [0, 0.1) is 0 Å². The van der Waals surface area contributed by atoms with E-state index in [0.717, 1.165) is 17.1 Å². The Hall–Kier alpha value is -2.04. The van der Waals surface area contributed by atoms with E-state index in [1.54, 1.807) is 10.9 Å². The lowest BCUT2D eigenvalue weighted by Gasteiger charge is -2.00. The third-order valence-corrected chi connectivity index (χ3v) is 2.23. The van der Waals surface area contributed by atoms with E-state index in [-0.39, 0.29) is 0 Å². The minimum atomic E-state index is 0.646. The number of nitrogen functional groups attached to an aromatic ring is 1. The van der Waals surface area contributed by atoms with Crippen molar-refractivity contribution in [3.05, 3.63) is 24.4 Å². The number of nitrogens with two attached hydrogens (primary N) is 1. The number of aryl methyl sites for hydroxylation is 1. The summed E-state index contributed by atoms with van der Waals surface area (Å²) in [6, 6.07) is 5.68. The number of aromatic nitrogens is 3. The molecule has 0 unspecified atom stereocenters. The van der Waals surface area contributed by atoms with E-state index in [1.165, 1.54) is 0 Å². The first-order valence-electron chi connectivity index (χ1n) is 4.64. The number of pyridine rings is 1. The Morgan fingerprint density at radius 2 is 2.20 bits per heavy atom. The van der Waals surface area contributed by atoms with E-state index in [4.69, 9.17) is 5.73 Å². The normalized spacial score (nSPS) is 10.3. The molecule has 3 N–H and O–H groups in total. The zero-order valence-corrected chi connectivity index (χ0v) is 8.73. The van der Waals surface area contributed by atoms with Crippen LogP contribution < -0.4 is 11.1 Å². The van der Waals surface area contributed by atoms with Crippen LogP contribution in [0.5, 0.6) is 0 Å². The van der Waals surface area contributed by atoms with Gasteiger partial charge in [0.2, 0.25) is 0 Å². The van der Waals surface area contributed by atoms with Crippen LogP contribution in [0.2, 0.25) is 0 Å². The largest absolute Gasteiger partial charge is 0.384 e. The fourth-order valence-corrected chi connectivity index (χ4v) is 1.35. The van der Waals surface area contributed by atoms with Gasteiger partial charge in [-0.25, -0.2) is 4.98 Å². The van der Waals surface area contributed by atoms with E-state index >= 15 is 0 Å². The highest BCUT2D eigenvalue weighted by atomic mass is 15.3. The highest BCUT2D eigenvalue weighted by molar-refractivity contribution is 5.65. The van der Waals surface area contributed by atoms with Gasteiger partial charge in [-0.1, -0.05) is 0 Å². The van der Waals surface area contributed by atoms with Crippen molar-refractivity contribution < 1.29 is 0 Å². The summed E-state index contributed by atoms with van der Waals surface area (Å²) in [6.45, 7) is 0. The van der Waals surface area contributed by atoms with Gasteiger partial charge in [0.1, 0.15) is 11.6 Å². The van der Waals surface area contributed by atoms with Crippen molar-refractivity contribution >= 4 is 11.6 Å². The molecule has 5 heteroatoms. The lowest BCUT2D eigenvalue weighted by molar-refractivity contribution is 0.782. The van der Waals surface area contributed by atoms with E-state index in [9.17, 15) is 0 Å². The van der Waals surface area contributed by atoms with Crippen LogP contribution in [-0.4, -0.2) is 21.8 Å². The Morgan fingerprint density at radius 1 is 1.40 bits per heavy atom. The Labute approximate surface area is 87.9 Å². The maximum Gasteiger partial charge on any atom is 0.126 e. The third-order valence-electron chi connectivity index (χ3n) is 2.23. The van der Waals surface area contributed by atoms with E-state index in [0.29, 0.717) is 5.82 Å². The SMILES string of the molecule is CNc1cc(-c2cc(N)n(C)n2)ccn1. The van der Waals surface area contributed by atoms with E-state index in [1.807, 2.05) is 32.3 Å². The van der Waals surface area contributed by atoms with Crippen molar-refractivity contribution in [2.24, 2.45) is 7.05 Å². The molecule has 0 atom stereocenters. The molecule has 0 aliphatic heterocycles. The molecular formula is C10H13N5. The summed E-state index contributed by atoms with van der Waals surface area (Å²) in [5, 5.41) is 7.27. The number of hydrogen-bond acceptors (Lipinski definition) is 4. The van der Waals surface area contributed by atoms with Gasteiger partial charge in [0.05, 0.1) is 5.69 Å². The van der Waals surface area contributed by atoms with Gasteiger partial charge in [-0.2, -0.15) is 5.10 Å². The molecule has 0 amide bonds. The van der Waals surface area contributed by atoms with Gasteiger partial charge in [-0.3, -0.25) is 4.68 Å². The predicted octanol–water partition coefficient (Wildman–Crippen LogP) is 1.11. The summed E-state index contributed by atoms with van der Waals surface area (Å²) >= 11 is 0. The van der Waals surface area contributed by atoms with Crippen molar-refractivity contribution in [3.8, 4) is 11.3 Å². The van der Waals surface area contributed by atoms with Gasteiger partial charge < -0.3 is 11.1 Å². The minimum absolute atomic E-state index is 0.646. The molecule has 15 heavy (non-hydrogen) atoms. The summed E-state index contributed by atoms with van der Waals surface area (Å²) in [4.78, 5) is 4.14. The van der Waals surface area contributed by atoms with Crippen LogP contribution >= 0.6 is 0 Å². The average molecular weight is 203 g/mol. The van der Waals surface area contributed by atoms with Crippen LogP contribution in [0.1, 0.15) is 0 Å². The molecule has 0 spiro atoms. The molecule has 0 aromatic carbocycles. The van der Waals surface area contributed by atoms with Crippen molar-refractivity contribution in [2.75, 3.05) is 18.1 Å². The molecule has 0 fully saturated rings. The molecule has 2 aromatic rings. The van der Waals surface area contributed by atoms with Gasteiger partial charge in [-0.05, 0) is 12.1 Å². The van der Waals surface area contributed by atoms with Crippen molar-refractivity contribution in [3.63, 3.8) is 0 Å². The second kappa shape index (κ2) is 3.61. The van der Waals surface area contributed by atoms with E-state index in [2.05, 4.69) is 15.4 Å². The Kier molecular flexibility index (Phi) is 2.29. The average Bonchev–Trinajstić information content (AvgIpc) is 2.59. The standard InChI is InChI=1S/C10H13N5/c1-12-10-5-7(3-4-13-10)8-6-9(11)15(2)14-8/h3-6H,11H2,1-2H3,(H,12,13). The Bertz CT molecular complexity index is 455. The lowest BCUT2D eigenvalue weighted by Crippen LogP contribution is -1.96. The summed E-state index contributed by atoms with van der Waals surface area (Å²) in [7, 11) is 3.65. The quantitative estimate of drug-likeness (QED) is 0.767. The Balaban J connectivity index is 2.44. The number of anilines is 2. The summed E-state index contributed by atoms with van der Waals surface area (Å²) in [5.41, 5.74) is 7.57. The first-order chi connectivity index (χ1) is 7.20. The first-order valence-corrected chi connectivity index (χ1v) is 4.64. The van der Waals surface area contributed by atoms with Gasteiger partial charge in [0.15, 0.2) is 0 Å². The van der Waals surface area contributed by atoms with Crippen LogP contribution in [0.15, 0.2) is 24.4 Å². The molecule has 5 nitrogen and oxygen atoms in total. The monoisotopic (exact) mass is 203 g/mol. The van der Waals surface area contributed by atoms with Crippen LogP contribution in [0.3, 0.4) is 0 Å². The second-order valence-corrected chi connectivity index (χ2v) is 3.26. The zero-order valence-electron chi connectivity index (χ0n) is 8.73. The fraction of sp³-hybridized carbons (Fsp3) is 0.200. The summed E-state index contributed by atoms with van der Waals surface area (Å²) in [6.07, 6.45) is 1.74. The molecule has 2 rings (SSSR count). The summed E-state index contributed by atoms with van der Waals surface area (Å²) in [5.74, 6) is 1.46. The number of hydrogen-bond donors (Lipinski definition) is 2. The molecule has 2 aromatic heterocycles. The van der Waals surface area contributed by atoms with Crippen LogP contribution in [0.4, 0.5) is 11.6 Å². The van der Waals surface area contributed by atoms with Gasteiger partial charge >= 0.3 is 0 Å². The topological polar surface area (TPSA) is 68.8 Å². The van der Waals surface area contributed by atoms with Crippen molar-refractivity contribution in [1.29, 1.82) is 0 Å². The van der Waals surface area contributed by atoms with Gasteiger partial charge in [0.25, 0.3) is 0 Å². The molecule has 78 valence electrons. The maximum atomic E-state index is 5.72. The van der Waals surface area contributed by atoms with Crippen molar-refractivity contribution in [1.82, 2.24) is 14.8 Å².